The van der Waals surface area contributed by atoms with Gasteiger partial charge in [-0.3, -0.25) is 4.79 Å². The van der Waals surface area contributed by atoms with Gasteiger partial charge in [-0.1, -0.05) is 12.1 Å². The van der Waals surface area contributed by atoms with Crippen molar-refractivity contribution in [2.24, 2.45) is 0 Å². The number of ether oxygens (including phenoxy) is 3. The van der Waals surface area contributed by atoms with Crippen LogP contribution in [0.15, 0.2) is 42.5 Å². The number of carbonyl (C=O) groups excluding carboxylic acids is 1. The number of rotatable bonds is 10. The Morgan fingerprint density at radius 1 is 0.962 bits per heavy atom. The van der Waals surface area contributed by atoms with Gasteiger partial charge in [0.2, 0.25) is 5.91 Å². The summed E-state index contributed by atoms with van der Waals surface area (Å²) in [6.45, 7) is 7.44. The maximum Gasteiger partial charge on any atom is 0.224 e. The molecule has 1 N–H and O–H groups in total. The van der Waals surface area contributed by atoms with Crippen molar-refractivity contribution in [1.29, 1.82) is 0 Å². The highest BCUT2D eigenvalue weighted by atomic mass is 16.5. The average molecular weight is 357 g/mol. The molecule has 0 aliphatic heterocycles. The standard InChI is InChI=1S/C21H27NO4/c1-4-24-18-11-12-20(25-5-2)19(15-18)22-21(23)10-7-13-26-17-9-6-8-16(3)14-17/h6,8-9,11-12,14-15H,4-5,7,10,13H2,1-3H3,(H,22,23). The van der Waals surface area contributed by atoms with Crippen LogP contribution in [0.1, 0.15) is 32.3 Å². The van der Waals surface area contributed by atoms with E-state index in [1.165, 1.54) is 0 Å². The summed E-state index contributed by atoms with van der Waals surface area (Å²) in [6, 6.07) is 13.3. The van der Waals surface area contributed by atoms with Crippen molar-refractivity contribution in [3.63, 3.8) is 0 Å². The first-order valence-corrected chi connectivity index (χ1v) is 9.01. The highest BCUT2D eigenvalue weighted by Gasteiger charge is 2.10. The Morgan fingerprint density at radius 2 is 1.73 bits per heavy atom. The molecule has 0 saturated carbocycles. The first kappa shape index (κ1) is 19.6. The zero-order chi connectivity index (χ0) is 18.8. The summed E-state index contributed by atoms with van der Waals surface area (Å²) >= 11 is 0. The lowest BCUT2D eigenvalue weighted by Gasteiger charge is -2.13. The Balaban J connectivity index is 1.85. The Kier molecular flexibility index (Phi) is 7.80. The molecule has 0 spiro atoms. The van der Waals surface area contributed by atoms with E-state index in [0.29, 0.717) is 49.8 Å². The number of amides is 1. The van der Waals surface area contributed by atoms with Crippen molar-refractivity contribution in [1.82, 2.24) is 0 Å². The number of hydrogen-bond donors (Lipinski definition) is 1. The maximum absolute atomic E-state index is 12.2. The van der Waals surface area contributed by atoms with Gasteiger partial charge in [0.05, 0.1) is 25.5 Å². The molecule has 0 atom stereocenters. The van der Waals surface area contributed by atoms with Gasteiger partial charge in [-0.25, -0.2) is 0 Å². The minimum Gasteiger partial charge on any atom is -0.494 e. The minimum absolute atomic E-state index is 0.0764. The van der Waals surface area contributed by atoms with E-state index in [9.17, 15) is 4.79 Å². The summed E-state index contributed by atoms with van der Waals surface area (Å²) in [5, 5.41) is 2.90. The van der Waals surface area contributed by atoms with Crippen LogP contribution in [0, 0.1) is 6.92 Å². The summed E-state index contributed by atoms with van der Waals surface area (Å²) in [4.78, 5) is 12.2. The molecule has 26 heavy (non-hydrogen) atoms. The summed E-state index contributed by atoms with van der Waals surface area (Å²) in [5.74, 6) is 2.09. The third-order valence-corrected chi connectivity index (χ3v) is 3.64. The smallest absolute Gasteiger partial charge is 0.224 e. The summed E-state index contributed by atoms with van der Waals surface area (Å²) < 4.78 is 16.7. The molecule has 5 heteroatoms. The maximum atomic E-state index is 12.2. The monoisotopic (exact) mass is 357 g/mol. The van der Waals surface area contributed by atoms with E-state index in [4.69, 9.17) is 14.2 Å². The second kappa shape index (κ2) is 10.3. The second-order valence-electron chi connectivity index (χ2n) is 5.84. The molecule has 2 aromatic rings. The van der Waals surface area contributed by atoms with Gasteiger partial charge in [0.15, 0.2) is 0 Å². The zero-order valence-corrected chi connectivity index (χ0v) is 15.7. The van der Waals surface area contributed by atoms with E-state index >= 15 is 0 Å². The van der Waals surface area contributed by atoms with Crippen molar-refractivity contribution in [2.45, 2.75) is 33.6 Å². The van der Waals surface area contributed by atoms with Crippen molar-refractivity contribution >= 4 is 11.6 Å². The summed E-state index contributed by atoms with van der Waals surface area (Å²) in [6.07, 6.45) is 1.01. The molecule has 0 radical (unpaired) electrons. The molecule has 0 aliphatic carbocycles. The van der Waals surface area contributed by atoms with Crippen molar-refractivity contribution in [3.8, 4) is 17.2 Å². The molecule has 2 rings (SSSR count). The molecule has 5 nitrogen and oxygen atoms in total. The fraction of sp³-hybridized carbons (Fsp3) is 0.381. The van der Waals surface area contributed by atoms with Crippen molar-refractivity contribution < 1.29 is 19.0 Å². The fourth-order valence-corrected chi connectivity index (χ4v) is 2.49. The Morgan fingerprint density at radius 3 is 2.46 bits per heavy atom. The van der Waals surface area contributed by atoms with Crippen LogP contribution in [-0.2, 0) is 4.79 Å². The van der Waals surface area contributed by atoms with Crippen LogP contribution in [0.4, 0.5) is 5.69 Å². The van der Waals surface area contributed by atoms with Crippen LogP contribution in [0.5, 0.6) is 17.2 Å². The van der Waals surface area contributed by atoms with Gasteiger partial charge >= 0.3 is 0 Å². The summed E-state index contributed by atoms with van der Waals surface area (Å²) in [7, 11) is 0. The average Bonchev–Trinajstić information content (AvgIpc) is 2.61. The van der Waals surface area contributed by atoms with Gasteiger partial charge in [-0.05, 0) is 57.0 Å². The van der Waals surface area contributed by atoms with Crippen LogP contribution >= 0.6 is 0 Å². The largest absolute Gasteiger partial charge is 0.494 e. The molecule has 1 amide bonds. The fourth-order valence-electron chi connectivity index (χ4n) is 2.49. The predicted molar refractivity (Wildman–Crippen MR) is 103 cm³/mol. The van der Waals surface area contributed by atoms with E-state index in [2.05, 4.69) is 5.32 Å². The molecule has 0 aliphatic rings. The Hall–Kier alpha value is -2.69. The van der Waals surface area contributed by atoms with Gasteiger partial charge in [-0.2, -0.15) is 0 Å². The number of aryl methyl sites for hydroxylation is 1. The quantitative estimate of drug-likeness (QED) is 0.632. The molecule has 140 valence electrons. The van der Waals surface area contributed by atoms with Crippen LogP contribution < -0.4 is 19.5 Å². The molecular weight excluding hydrogens is 330 g/mol. The van der Waals surface area contributed by atoms with Gasteiger partial charge in [0.1, 0.15) is 17.2 Å². The van der Waals surface area contributed by atoms with Gasteiger partial charge < -0.3 is 19.5 Å². The van der Waals surface area contributed by atoms with Crippen LogP contribution in [-0.4, -0.2) is 25.7 Å². The lowest BCUT2D eigenvalue weighted by molar-refractivity contribution is -0.116. The molecule has 0 fully saturated rings. The van der Waals surface area contributed by atoms with Crippen LogP contribution in [0.25, 0.3) is 0 Å². The van der Waals surface area contributed by atoms with Crippen molar-refractivity contribution in [3.05, 3.63) is 48.0 Å². The number of carbonyl (C=O) groups is 1. The number of benzene rings is 2. The normalized spacial score (nSPS) is 10.3. The summed E-state index contributed by atoms with van der Waals surface area (Å²) in [5.41, 5.74) is 1.78. The number of nitrogens with one attached hydrogen (secondary N) is 1. The Bertz CT molecular complexity index is 715. The zero-order valence-electron chi connectivity index (χ0n) is 15.7. The molecule has 0 saturated heterocycles. The highest BCUT2D eigenvalue weighted by molar-refractivity contribution is 5.92. The second-order valence-corrected chi connectivity index (χ2v) is 5.84. The Labute approximate surface area is 155 Å². The van der Waals surface area contributed by atoms with Gasteiger partial charge in [-0.15, -0.1) is 0 Å². The molecular formula is C21H27NO4. The van der Waals surface area contributed by atoms with Gasteiger partial charge in [0.25, 0.3) is 0 Å². The van der Waals surface area contributed by atoms with Gasteiger partial charge in [0, 0.05) is 12.5 Å². The third-order valence-electron chi connectivity index (χ3n) is 3.64. The van der Waals surface area contributed by atoms with E-state index in [0.717, 1.165) is 11.3 Å². The molecule has 0 heterocycles. The predicted octanol–water partition coefficient (Wildman–Crippen LogP) is 4.59. The van der Waals surface area contributed by atoms with Crippen LogP contribution in [0.2, 0.25) is 0 Å². The number of hydrogen-bond acceptors (Lipinski definition) is 4. The lowest BCUT2D eigenvalue weighted by atomic mass is 10.2. The number of anilines is 1. The van der Waals surface area contributed by atoms with E-state index in [-0.39, 0.29) is 5.91 Å². The lowest BCUT2D eigenvalue weighted by Crippen LogP contribution is -2.14. The van der Waals surface area contributed by atoms with Crippen molar-refractivity contribution in [2.75, 3.05) is 25.1 Å². The first-order valence-electron chi connectivity index (χ1n) is 9.01. The third kappa shape index (κ3) is 6.31. The topological polar surface area (TPSA) is 56.8 Å². The molecule has 2 aromatic carbocycles. The van der Waals surface area contributed by atoms with E-state index in [1.54, 1.807) is 6.07 Å². The van der Waals surface area contributed by atoms with Crippen LogP contribution in [0.3, 0.4) is 0 Å². The molecule has 0 bridgehead atoms. The first-order chi connectivity index (χ1) is 12.6. The molecule has 0 unspecified atom stereocenters. The SMILES string of the molecule is CCOc1ccc(OCC)c(NC(=O)CCCOc2cccc(C)c2)c1. The van der Waals surface area contributed by atoms with E-state index < -0.39 is 0 Å². The van der Waals surface area contributed by atoms with E-state index in [1.807, 2.05) is 57.2 Å². The highest BCUT2D eigenvalue weighted by Crippen LogP contribution is 2.29. The minimum atomic E-state index is -0.0764. The molecule has 0 aromatic heterocycles.